The first kappa shape index (κ1) is 20.9. The standard InChI is InChI=1S/C19H27F2N3O3/c1-3-13(4-2)17(25)24-11-9-14(10-12-24)22-19(26)23-15-7-5-6-8-16(15)27-18(20)21/h5-8,13-14,18H,3-4,9-12H2,1-2H3,(H2,22,23,26). The molecule has 1 heterocycles. The molecule has 0 unspecified atom stereocenters. The Bertz CT molecular complexity index is 630. The molecule has 6 nitrogen and oxygen atoms in total. The quantitative estimate of drug-likeness (QED) is 0.752. The summed E-state index contributed by atoms with van der Waals surface area (Å²) < 4.78 is 29.3. The van der Waals surface area contributed by atoms with E-state index in [1.165, 1.54) is 12.1 Å². The predicted molar refractivity (Wildman–Crippen MR) is 98.9 cm³/mol. The number of carbonyl (C=O) groups excluding carboxylic acids is 2. The summed E-state index contributed by atoms with van der Waals surface area (Å²) in [5.74, 6) is 0.151. The lowest BCUT2D eigenvalue weighted by Gasteiger charge is -2.34. The van der Waals surface area contributed by atoms with Crippen molar-refractivity contribution in [2.75, 3.05) is 18.4 Å². The molecule has 1 aromatic carbocycles. The van der Waals surface area contributed by atoms with E-state index >= 15 is 0 Å². The van der Waals surface area contributed by atoms with Crippen LogP contribution in [0.2, 0.25) is 0 Å². The molecule has 0 bridgehead atoms. The van der Waals surface area contributed by atoms with Gasteiger partial charge in [-0.3, -0.25) is 4.79 Å². The number of ether oxygens (including phenoxy) is 1. The highest BCUT2D eigenvalue weighted by atomic mass is 19.3. The summed E-state index contributed by atoms with van der Waals surface area (Å²) in [4.78, 5) is 26.5. The number of likely N-dealkylation sites (tertiary alicyclic amines) is 1. The van der Waals surface area contributed by atoms with E-state index in [2.05, 4.69) is 15.4 Å². The Hall–Kier alpha value is -2.38. The molecule has 1 aliphatic rings. The number of halogens is 2. The van der Waals surface area contributed by atoms with Crippen LogP contribution in [0.1, 0.15) is 39.5 Å². The zero-order valence-electron chi connectivity index (χ0n) is 15.7. The summed E-state index contributed by atoms with van der Waals surface area (Å²) in [5, 5.41) is 5.38. The van der Waals surface area contributed by atoms with Gasteiger partial charge in [-0.2, -0.15) is 8.78 Å². The minimum absolute atomic E-state index is 0.0594. The summed E-state index contributed by atoms with van der Waals surface area (Å²) >= 11 is 0. The molecule has 0 spiro atoms. The molecular formula is C19H27F2N3O3. The number of para-hydroxylation sites is 2. The lowest BCUT2D eigenvalue weighted by atomic mass is 9.98. The van der Waals surface area contributed by atoms with E-state index in [1.807, 2.05) is 18.7 Å². The lowest BCUT2D eigenvalue weighted by Crippen LogP contribution is -2.48. The summed E-state index contributed by atoms with van der Waals surface area (Å²) in [6, 6.07) is 5.48. The molecule has 1 fully saturated rings. The van der Waals surface area contributed by atoms with Gasteiger partial charge < -0.3 is 20.3 Å². The van der Waals surface area contributed by atoms with Crippen LogP contribution >= 0.6 is 0 Å². The largest absolute Gasteiger partial charge is 0.433 e. The van der Waals surface area contributed by atoms with E-state index in [0.717, 1.165) is 12.8 Å². The first-order chi connectivity index (χ1) is 12.9. The van der Waals surface area contributed by atoms with Gasteiger partial charge in [-0.1, -0.05) is 26.0 Å². The van der Waals surface area contributed by atoms with Crippen molar-refractivity contribution in [3.05, 3.63) is 24.3 Å². The second kappa shape index (κ2) is 10.1. The zero-order chi connectivity index (χ0) is 19.8. The van der Waals surface area contributed by atoms with Gasteiger partial charge in [-0.15, -0.1) is 0 Å². The molecule has 2 rings (SSSR count). The van der Waals surface area contributed by atoms with Crippen LogP contribution in [0.15, 0.2) is 24.3 Å². The fourth-order valence-electron chi connectivity index (χ4n) is 3.25. The Labute approximate surface area is 158 Å². The summed E-state index contributed by atoms with van der Waals surface area (Å²) in [6.45, 7) is 2.27. The van der Waals surface area contributed by atoms with E-state index in [9.17, 15) is 18.4 Å². The van der Waals surface area contributed by atoms with E-state index in [0.29, 0.717) is 25.9 Å². The monoisotopic (exact) mass is 383 g/mol. The fourth-order valence-corrected chi connectivity index (χ4v) is 3.25. The van der Waals surface area contributed by atoms with Gasteiger partial charge in [0.25, 0.3) is 0 Å². The first-order valence-corrected chi connectivity index (χ1v) is 9.34. The fraction of sp³-hybridized carbons (Fsp3) is 0.579. The number of piperidine rings is 1. The maximum Gasteiger partial charge on any atom is 0.387 e. The van der Waals surface area contributed by atoms with Gasteiger partial charge >= 0.3 is 12.6 Å². The Kier molecular flexibility index (Phi) is 7.82. The third-order valence-electron chi connectivity index (χ3n) is 4.83. The van der Waals surface area contributed by atoms with Gasteiger partial charge in [0.15, 0.2) is 0 Å². The molecule has 1 aliphatic heterocycles. The first-order valence-electron chi connectivity index (χ1n) is 9.34. The molecule has 8 heteroatoms. The van der Waals surface area contributed by atoms with Crippen LogP contribution in [0.25, 0.3) is 0 Å². The smallest absolute Gasteiger partial charge is 0.387 e. The highest BCUT2D eigenvalue weighted by Crippen LogP contribution is 2.25. The summed E-state index contributed by atoms with van der Waals surface area (Å²) in [5.41, 5.74) is 0.177. The number of amides is 3. The van der Waals surface area contributed by atoms with Gasteiger partial charge in [0, 0.05) is 25.0 Å². The third-order valence-corrected chi connectivity index (χ3v) is 4.83. The van der Waals surface area contributed by atoms with E-state index in [4.69, 9.17) is 0 Å². The number of nitrogens with zero attached hydrogens (tertiary/aromatic N) is 1. The van der Waals surface area contributed by atoms with Crippen molar-refractivity contribution in [3.63, 3.8) is 0 Å². The molecule has 0 radical (unpaired) electrons. The molecule has 27 heavy (non-hydrogen) atoms. The Morgan fingerprint density at radius 3 is 2.41 bits per heavy atom. The SMILES string of the molecule is CCC(CC)C(=O)N1CCC(NC(=O)Nc2ccccc2OC(F)F)CC1. The Morgan fingerprint density at radius 2 is 1.81 bits per heavy atom. The molecule has 0 aromatic heterocycles. The van der Waals surface area contributed by atoms with Gasteiger partial charge in [0.2, 0.25) is 5.91 Å². The minimum atomic E-state index is -2.96. The highest BCUT2D eigenvalue weighted by Gasteiger charge is 2.27. The van der Waals surface area contributed by atoms with Gasteiger partial charge in [0.1, 0.15) is 5.75 Å². The number of benzene rings is 1. The van der Waals surface area contributed by atoms with Crippen LogP contribution in [0.4, 0.5) is 19.3 Å². The van der Waals surface area contributed by atoms with Crippen LogP contribution in [-0.2, 0) is 4.79 Å². The molecule has 0 aliphatic carbocycles. The minimum Gasteiger partial charge on any atom is -0.433 e. The van der Waals surface area contributed by atoms with Crippen molar-refractivity contribution in [1.29, 1.82) is 0 Å². The number of rotatable bonds is 7. The number of nitrogens with one attached hydrogen (secondary N) is 2. The van der Waals surface area contributed by atoms with Crippen molar-refractivity contribution >= 4 is 17.6 Å². The molecule has 2 N–H and O–H groups in total. The van der Waals surface area contributed by atoms with E-state index in [-0.39, 0.29) is 29.3 Å². The molecule has 1 saturated heterocycles. The topological polar surface area (TPSA) is 70.7 Å². The number of hydrogen-bond donors (Lipinski definition) is 2. The Balaban J connectivity index is 1.84. The van der Waals surface area contributed by atoms with Gasteiger partial charge in [-0.25, -0.2) is 4.79 Å². The van der Waals surface area contributed by atoms with E-state index in [1.54, 1.807) is 12.1 Å². The maximum atomic E-state index is 12.4. The van der Waals surface area contributed by atoms with Crippen LogP contribution < -0.4 is 15.4 Å². The number of anilines is 1. The third kappa shape index (κ3) is 6.08. The average Bonchev–Trinajstić information content (AvgIpc) is 2.64. The van der Waals surface area contributed by atoms with Crippen LogP contribution in [-0.4, -0.2) is 42.6 Å². The van der Waals surface area contributed by atoms with Gasteiger partial charge in [0.05, 0.1) is 5.69 Å². The van der Waals surface area contributed by atoms with Crippen molar-refractivity contribution in [2.24, 2.45) is 5.92 Å². The van der Waals surface area contributed by atoms with Crippen molar-refractivity contribution in [3.8, 4) is 5.75 Å². The molecule has 1 aromatic rings. The normalized spacial score (nSPS) is 15.1. The van der Waals surface area contributed by atoms with Gasteiger partial charge in [-0.05, 0) is 37.8 Å². The summed E-state index contributed by atoms with van der Waals surface area (Å²) in [7, 11) is 0. The van der Waals surface area contributed by atoms with E-state index < -0.39 is 12.6 Å². The van der Waals surface area contributed by atoms with Crippen LogP contribution in [0, 0.1) is 5.92 Å². The Morgan fingerprint density at radius 1 is 1.19 bits per heavy atom. The molecule has 0 saturated carbocycles. The second-order valence-electron chi connectivity index (χ2n) is 6.59. The second-order valence-corrected chi connectivity index (χ2v) is 6.59. The molecule has 0 atom stereocenters. The highest BCUT2D eigenvalue weighted by molar-refractivity contribution is 5.91. The number of alkyl halides is 2. The molecular weight excluding hydrogens is 356 g/mol. The zero-order valence-corrected chi connectivity index (χ0v) is 15.7. The molecule has 3 amide bonds. The summed E-state index contributed by atoms with van der Waals surface area (Å²) in [6.07, 6.45) is 2.98. The molecule has 150 valence electrons. The number of carbonyl (C=O) groups is 2. The van der Waals surface area contributed by atoms with Crippen LogP contribution in [0.5, 0.6) is 5.75 Å². The lowest BCUT2D eigenvalue weighted by molar-refractivity contribution is -0.136. The predicted octanol–water partition coefficient (Wildman–Crippen LogP) is 3.84. The maximum absolute atomic E-state index is 12.4. The average molecular weight is 383 g/mol. The number of urea groups is 1. The van der Waals surface area contributed by atoms with Crippen molar-refractivity contribution in [1.82, 2.24) is 10.2 Å². The number of hydrogen-bond acceptors (Lipinski definition) is 3. The van der Waals surface area contributed by atoms with Crippen molar-refractivity contribution in [2.45, 2.75) is 52.2 Å². The van der Waals surface area contributed by atoms with Crippen LogP contribution in [0.3, 0.4) is 0 Å². The van der Waals surface area contributed by atoms with Crippen molar-refractivity contribution < 1.29 is 23.1 Å².